The first-order valence-electron chi connectivity index (χ1n) is 5.14. The third-order valence-electron chi connectivity index (χ3n) is 2.84. The average molecular weight is 224 g/mol. The molecule has 1 N–H and O–H groups in total. The van der Waals surface area contributed by atoms with E-state index in [4.69, 9.17) is 4.65 Å². The Bertz CT molecular complexity index is 328. The van der Waals surface area contributed by atoms with E-state index in [1.165, 1.54) is 9.55 Å². The van der Waals surface area contributed by atoms with Gasteiger partial charge >= 0.3 is 7.48 Å². The standard InChI is InChI=1S/C10H18B2O2S/c1-9(2,13)10(3,4)14-12-8-6-5-7(11)15-8/h5-6,12-13H,11H2,1-4H3. The van der Waals surface area contributed by atoms with Gasteiger partial charge in [-0.2, -0.15) is 11.3 Å². The summed E-state index contributed by atoms with van der Waals surface area (Å²) in [5, 5.41) is 9.91. The second kappa shape index (κ2) is 4.32. The summed E-state index contributed by atoms with van der Waals surface area (Å²) >= 11 is 1.73. The van der Waals surface area contributed by atoms with Gasteiger partial charge in [-0.05, 0) is 37.2 Å². The van der Waals surface area contributed by atoms with Crippen molar-refractivity contribution in [3.8, 4) is 0 Å². The van der Waals surface area contributed by atoms with E-state index in [1.54, 1.807) is 25.2 Å². The summed E-state index contributed by atoms with van der Waals surface area (Å²) in [6, 6.07) is 4.15. The summed E-state index contributed by atoms with van der Waals surface area (Å²) in [6.07, 6.45) is 0. The fourth-order valence-corrected chi connectivity index (χ4v) is 1.79. The van der Waals surface area contributed by atoms with Crippen LogP contribution in [0.3, 0.4) is 0 Å². The molecule has 0 bridgehead atoms. The number of thiophene rings is 1. The van der Waals surface area contributed by atoms with Gasteiger partial charge < -0.3 is 9.76 Å². The Labute approximate surface area is 97.3 Å². The van der Waals surface area contributed by atoms with Crippen molar-refractivity contribution in [2.24, 2.45) is 0 Å². The predicted molar refractivity (Wildman–Crippen MR) is 70.7 cm³/mol. The van der Waals surface area contributed by atoms with Gasteiger partial charge in [0.15, 0.2) is 7.85 Å². The zero-order chi connectivity index (χ0) is 11.7. The molecule has 0 fully saturated rings. The van der Waals surface area contributed by atoms with Gasteiger partial charge in [-0.1, -0.05) is 12.1 Å². The molecule has 82 valence electrons. The lowest BCUT2D eigenvalue weighted by atomic mass is 9.86. The molecule has 0 saturated carbocycles. The minimum atomic E-state index is -0.834. The molecule has 0 saturated heterocycles. The molecule has 15 heavy (non-hydrogen) atoms. The number of aliphatic hydroxyl groups is 1. The zero-order valence-corrected chi connectivity index (χ0v) is 10.9. The maximum absolute atomic E-state index is 9.91. The Morgan fingerprint density at radius 3 is 2.33 bits per heavy atom. The van der Waals surface area contributed by atoms with Crippen LogP contribution < -0.4 is 9.55 Å². The van der Waals surface area contributed by atoms with Gasteiger partial charge in [-0.3, -0.25) is 0 Å². The topological polar surface area (TPSA) is 29.5 Å². The highest BCUT2D eigenvalue weighted by Gasteiger charge is 2.35. The van der Waals surface area contributed by atoms with Crippen molar-refractivity contribution in [1.29, 1.82) is 0 Å². The molecular formula is C10H18B2O2S. The summed E-state index contributed by atoms with van der Waals surface area (Å²) < 4.78 is 8.24. The van der Waals surface area contributed by atoms with Gasteiger partial charge in [-0.25, -0.2) is 0 Å². The van der Waals surface area contributed by atoms with Crippen LogP contribution in [-0.4, -0.2) is 31.6 Å². The summed E-state index contributed by atoms with van der Waals surface area (Å²) in [4.78, 5) is 0. The minimum Gasteiger partial charge on any atom is -0.426 e. The molecule has 1 aromatic rings. The molecular weight excluding hydrogens is 206 g/mol. The fourth-order valence-electron chi connectivity index (χ4n) is 0.991. The quantitative estimate of drug-likeness (QED) is 0.702. The number of rotatable bonds is 4. The fraction of sp³-hybridized carbons (Fsp3) is 0.600. The molecule has 5 heteroatoms. The van der Waals surface area contributed by atoms with E-state index < -0.39 is 11.2 Å². The van der Waals surface area contributed by atoms with Gasteiger partial charge in [0.1, 0.15) is 0 Å². The summed E-state index contributed by atoms with van der Waals surface area (Å²) in [7, 11) is 2.64. The normalized spacial score (nSPS) is 12.9. The lowest BCUT2D eigenvalue weighted by molar-refractivity contribution is -0.0892. The molecule has 0 spiro atoms. The molecule has 0 aromatic carbocycles. The molecule has 2 nitrogen and oxygen atoms in total. The van der Waals surface area contributed by atoms with E-state index in [0.29, 0.717) is 7.48 Å². The van der Waals surface area contributed by atoms with Crippen LogP contribution in [0.1, 0.15) is 27.7 Å². The first-order chi connectivity index (χ1) is 6.72. The highest BCUT2D eigenvalue weighted by molar-refractivity contribution is 7.27. The van der Waals surface area contributed by atoms with Crippen molar-refractivity contribution in [1.82, 2.24) is 0 Å². The molecule has 1 rings (SSSR count). The van der Waals surface area contributed by atoms with Crippen LogP contribution in [0, 0.1) is 0 Å². The summed E-state index contributed by atoms with van der Waals surface area (Å²) in [6.45, 7) is 7.36. The first kappa shape index (κ1) is 12.8. The van der Waals surface area contributed by atoms with Gasteiger partial charge in [0.2, 0.25) is 0 Å². The Hall–Kier alpha value is -0.250. The van der Waals surface area contributed by atoms with Crippen LogP contribution in [0.5, 0.6) is 0 Å². The lowest BCUT2D eigenvalue weighted by Gasteiger charge is -2.37. The molecule has 1 aromatic heterocycles. The smallest absolute Gasteiger partial charge is 0.319 e. The summed E-state index contributed by atoms with van der Waals surface area (Å²) in [5.41, 5.74) is -1.37. The van der Waals surface area contributed by atoms with Gasteiger partial charge in [0, 0.05) is 0 Å². The van der Waals surface area contributed by atoms with Crippen LogP contribution in [0.2, 0.25) is 0 Å². The van der Waals surface area contributed by atoms with E-state index in [2.05, 4.69) is 20.0 Å². The van der Waals surface area contributed by atoms with E-state index in [9.17, 15) is 5.11 Å². The molecule has 0 atom stereocenters. The highest BCUT2D eigenvalue weighted by Crippen LogP contribution is 2.24. The lowest BCUT2D eigenvalue weighted by Crippen LogP contribution is -2.49. The monoisotopic (exact) mass is 224 g/mol. The van der Waals surface area contributed by atoms with Crippen LogP contribution in [-0.2, 0) is 4.65 Å². The Kier molecular flexibility index (Phi) is 3.69. The Balaban J connectivity index is 2.57. The Morgan fingerprint density at radius 1 is 1.33 bits per heavy atom. The maximum Gasteiger partial charge on any atom is 0.319 e. The SMILES string of the molecule is Bc1ccc(BOC(C)(C)C(C)(C)O)s1. The van der Waals surface area contributed by atoms with E-state index >= 15 is 0 Å². The molecule has 0 unspecified atom stereocenters. The van der Waals surface area contributed by atoms with Crippen LogP contribution in [0.15, 0.2) is 12.1 Å². The average Bonchev–Trinajstić information content (AvgIpc) is 2.46. The van der Waals surface area contributed by atoms with Crippen LogP contribution in [0.25, 0.3) is 0 Å². The first-order valence-corrected chi connectivity index (χ1v) is 5.96. The van der Waals surface area contributed by atoms with Crippen LogP contribution >= 0.6 is 11.3 Å². The minimum absolute atomic E-state index is 0.537. The van der Waals surface area contributed by atoms with Crippen molar-refractivity contribution in [3.05, 3.63) is 12.1 Å². The van der Waals surface area contributed by atoms with Gasteiger partial charge in [-0.15, -0.1) is 0 Å². The third kappa shape index (κ3) is 3.37. The van der Waals surface area contributed by atoms with Crippen molar-refractivity contribution in [2.45, 2.75) is 38.9 Å². The largest absolute Gasteiger partial charge is 0.426 e. The highest BCUT2D eigenvalue weighted by atomic mass is 32.1. The van der Waals surface area contributed by atoms with Crippen molar-refractivity contribution in [2.75, 3.05) is 0 Å². The second-order valence-electron chi connectivity index (χ2n) is 4.87. The molecule has 0 amide bonds. The van der Waals surface area contributed by atoms with Crippen molar-refractivity contribution in [3.63, 3.8) is 0 Å². The molecule has 0 aliphatic heterocycles. The molecule has 0 radical (unpaired) electrons. The van der Waals surface area contributed by atoms with Crippen molar-refractivity contribution < 1.29 is 9.76 Å². The van der Waals surface area contributed by atoms with Crippen LogP contribution in [0.4, 0.5) is 0 Å². The maximum atomic E-state index is 9.91. The van der Waals surface area contributed by atoms with Gasteiger partial charge in [0.05, 0.1) is 11.2 Å². The molecule has 0 aliphatic rings. The van der Waals surface area contributed by atoms with E-state index in [-0.39, 0.29) is 0 Å². The van der Waals surface area contributed by atoms with E-state index in [0.717, 1.165) is 0 Å². The Morgan fingerprint density at radius 2 is 1.93 bits per heavy atom. The second-order valence-corrected chi connectivity index (χ2v) is 6.24. The van der Waals surface area contributed by atoms with Crippen molar-refractivity contribution >= 4 is 36.2 Å². The third-order valence-corrected chi connectivity index (χ3v) is 3.82. The predicted octanol–water partition coefficient (Wildman–Crippen LogP) is -0.451. The molecule has 1 heterocycles. The summed E-state index contributed by atoms with van der Waals surface area (Å²) in [5.74, 6) is 0. The zero-order valence-electron chi connectivity index (χ0n) is 10.1. The van der Waals surface area contributed by atoms with Gasteiger partial charge in [0.25, 0.3) is 0 Å². The molecule has 0 aliphatic carbocycles. The van der Waals surface area contributed by atoms with E-state index in [1.807, 2.05) is 13.8 Å². The number of hydrogen-bond donors (Lipinski definition) is 1. The number of hydrogen-bond acceptors (Lipinski definition) is 3.